The van der Waals surface area contributed by atoms with Gasteiger partial charge in [-0.25, -0.2) is 0 Å². The van der Waals surface area contributed by atoms with Crippen LogP contribution in [0.1, 0.15) is 11.1 Å². The number of hydrogen-bond acceptors (Lipinski definition) is 0. The van der Waals surface area contributed by atoms with Crippen LogP contribution in [0, 0.1) is 13.0 Å². The third-order valence-corrected chi connectivity index (χ3v) is 1.26. The quantitative estimate of drug-likeness (QED) is 0.546. The molecule has 1 radical (unpaired) electrons. The summed E-state index contributed by atoms with van der Waals surface area (Å²) in [5, 5.41) is 0. The topological polar surface area (TPSA) is 0 Å². The molecule has 0 saturated heterocycles. The first-order chi connectivity index (χ1) is 5.00. The van der Waals surface area contributed by atoms with Crippen molar-refractivity contribution in [3.8, 4) is 0 Å². The fourth-order valence-corrected chi connectivity index (χ4v) is 0.744. The minimum absolute atomic E-state index is 0.594. The zero-order chi connectivity index (χ0) is 8.48. The normalized spacial score (nSPS) is 11.6. The molecule has 0 nitrogen and oxygen atoms in total. The first-order valence-corrected chi connectivity index (χ1v) is 3.05. The van der Waals surface area contributed by atoms with Crippen molar-refractivity contribution in [1.82, 2.24) is 0 Å². The number of alkyl halides is 3. The fraction of sp³-hybridized carbons (Fsp3) is 0.250. The van der Waals surface area contributed by atoms with Crippen molar-refractivity contribution in [3.05, 3.63) is 35.4 Å². The molecule has 0 saturated carbocycles. The van der Waals surface area contributed by atoms with Gasteiger partial charge in [-0.2, -0.15) is 13.2 Å². The highest BCUT2D eigenvalue weighted by molar-refractivity contribution is 5.23. The lowest BCUT2D eigenvalue weighted by molar-refractivity contribution is -0.137. The van der Waals surface area contributed by atoms with E-state index < -0.39 is 11.7 Å². The predicted octanol–water partition coefficient (Wildman–Crippen LogP) is 2.81. The summed E-state index contributed by atoms with van der Waals surface area (Å²) in [5.41, 5.74) is -0.117. The summed E-state index contributed by atoms with van der Waals surface area (Å²) in [6.45, 7) is 1.61. The summed E-state index contributed by atoms with van der Waals surface area (Å²) in [6.07, 6.45) is -4.27. The van der Waals surface area contributed by atoms with Gasteiger partial charge in [-0.3, -0.25) is 0 Å². The van der Waals surface area contributed by atoms with Crippen molar-refractivity contribution < 1.29 is 13.2 Å². The first kappa shape index (κ1) is 8.11. The molecule has 0 aliphatic rings. The van der Waals surface area contributed by atoms with Crippen molar-refractivity contribution in [1.29, 1.82) is 0 Å². The van der Waals surface area contributed by atoms with E-state index in [0.717, 1.165) is 6.07 Å². The Bertz CT molecular complexity index is 250. The Kier molecular flexibility index (Phi) is 1.89. The van der Waals surface area contributed by atoms with E-state index in [1.54, 1.807) is 13.0 Å². The van der Waals surface area contributed by atoms with Gasteiger partial charge in [0.15, 0.2) is 0 Å². The molecule has 0 unspecified atom stereocenters. The molecule has 0 spiro atoms. The van der Waals surface area contributed by atoms with Gasteiger partial charge in [0, 0.05) is 0 Å². The second-order valence-electron chi connectivity index (χ2n) is 2.28. The van der Waals surface area contributed by atoms with Gasteiger partial charge in [0.25, 0.3) is 0 Å². The van der Waals surface area contributed by atoms with Crippen LogP contribution in [0.2, 0.25) is 0 Å². The highest BCUT2D eigenvalue weighted by Crippen LogP contribution is 2.28. The van der Waals surface area contributed by atoms with E-state index in [1.807, 2.05) is 0 Å². The summed E-state index contributed by atoms with van der Waals surface area (Å²) in [5.74, 6) is 0. The minimum atomic E-state index is -4.27. The number of benzene rings is 1. The van der Waals surface area contributed by atoms with Crippen molar-refractivity contribution >= 4 is 0 Å². The van der Waals surface area contributed by atoms with E-state index in [4.69, 9.17) is 0 Å². The highest BCUT2D eigenvalue weighted by atomic mass is 19.4. The molecule has 0 fully saturated rings. The Morgan fingerprint density at radius 2 is 2.00 bits per heavy atom. The van der Waals surface area contributed by atoms with Crippen LogP contribution in [-0.2, 0) is 6.18 Å². The first-order valence-electron chi connectivity index (χ1n) is 3.05. The number of hydrogen-bond donors (Lipinski definition) is 0. The maximum Gasteiger partial charge on any atom is 0.417 e. The lowest BCUT2D eigenvalue weighted by Crippen LogP contribution is -2.04. The van der Waals surface area contributed by atoms with E-state index in [0.29, 0.717) is 5.56 Å². The maximum atomic E-state index is 11.9. The molecule has 0 aliphatic heterocycles. The Morgan fingerprint density at radius 1 is 1.36 bits per heavy atom. The Balaban J connectivity index is 3.06. The second-order valence-corrected chi connectivity index (χ2v) is 2.28. The third-order valence-electron chi connectivity index (χ3n) is 1.26. The molecule has 0 amide bonds. The summed E-state index contributed by atoms with van der Waals surface area (Å²) in [4.78, 5) is 0. The molecule has 0 atom stereocenters. The SMILES string of the molecule is Cc1cc[c]c(C(F)(F)F)c1. The number of rotatable bonds is 0. The van der Waals surface area contributed by atoms with E-state index in [-0.39, 0.29) is 0 Å². The van der Waals surface area contributed by atoms with Crippen LogP contribution in [-0.4, -0.2) is 0 Å². The van der Waals surface area contributed by atoms with Gasteiger partial charge in [0.2, 0.25) is 0 Å². The lowest BCUT2D eigenvalue weighted by Gasteiger charge is -2.05. The Hall–Kier alpha value is -0.990. The zero-order valence-corrected chi connectivity index (χ0v) is 5.87. The van der Waals surface area contributed by atoms with Crippen LogP contribution >= 0.6 is 0 Å². The highest BCUT2D eigenvalue weighted by Gasteiger charge is 2.30. The molecule has 0 heterocycles. The van der Waals surface area contributed by atoms with Gasteiger partial charge < -0.3 is 0 Å². The standard InChI is InChI=1S/C8H6F3/c1-6-3-2-4-7(5-6)8(9,10)11/h2-3,5H,1H3. The summed E-state index contributed by atoms with van der Waals surface area (Å²) in [6, 6.07) is 6.05. The zero-order valence-electron chi connectivity index (χ0n) is 5.87. The Morgan fingerprint density at radius 3 is 2.36 bits per heavy atom. The van der Waals surface area contributed by atoms with E-state index in [9.17, 15) is 13.2 Å². The van der Waals surface area contributed by atoms with Crippen LogP contribution < -0.4 is 0 Å². The van der Waals surface area contributed by atoms with Crippen molar-refractivity contribution in [2.24, 2.45) is 0 Å². The monoisotopic (exact) mass is 159 g/mol. The van der Waals surface area contributed by atoms with E-state index in [1.165, 1.54) is 6.07 Å². The average Bonchev–Trinajstić information content (AvgIpc) is 1.86. The fourth-order valence-electron chi connectivity index (χ4n) is 0.744. The molecule has 0 aliphatic carbocycles. The molecule has 0 bridgehead atoms. The van der Waals surface area contributed by atoms with Gasteiger partial charge in [-0.15, -0.1) is 0 Å². The van der Waals surface area contributed by atoms with E-state index in [2.05, 4.69) is 6.07 Å². The molecule has 0 aromatic heterocycles. The van der Waals surface area contributed by atoms with Crippen LogP contribution in [0.4, 0.5) is 13.2 Å². The maximum absolute atomic E-state index is 11.9. The molecular weight excluding hydrogens is 153 g/mol. The molecule has 11 heavy (non-hydrogen) atoms. The van der Waals surface area contributed by atoms with E-state index >= 15 is 0 Å². The van der Waals surface area contributed by atoms with Gasteiger partial charge in [0.1, 0.15) is 0 Å². The largest absolute Gasteiger partial charge is 0.417 e. The molecule has 3 heteroatoms. The molecule has 1 aromatic rings. The van der Waals surface area contributed by atoms with Crippen molar-refractivity contribution in [2.75, 3.05) is 0 Å². The van der Waals surface area contributed by atoms with Crippen molar-refractivity contribution in [3.63, 3.8) is 0 Å². The predicted molar refractivity (Wildman–Crippen MR) is 35.0 cm³/mol. The van der Waals surface area contributed by atoms with Crippen LogP contribution in [0.3, 0.4) is 0 Å². The van der Waals surface area contributed by atoms with Crippen LogP contribution in [0.5, 0.6) is 0 Å². The molecule has 59 valence electrons. The van der Waals surface area contributed by atoms with Gasteiger partial charge in [-0.05, 0) is 19.1 Å². The Labute approximate surface area is 62.7 Å². The molecule has 1 rings (SSSR count). The average molecular weight is 159 g/mol. The summed E-state index contributed by atoms with van der Waals surface area (Å²) < 4.78 is 35.8. The molecule has 1 aromatic carbocycles. The minimum Gasteiger partial charge on any atom is -0.166 e. The van der Waals surface area contributed by atoms with Gasteiger partial charge in [-0.1, -0.05) is 17.7 Å². The van der Waals surface area contributed by atoms with Crippen LogP contribution in [0.25, 0.3) is 0 Å². The summed E-state index contributed by atoms with van der Waals surface area (Å²) >= 11 is 0. The van der Waals surface area contributed by atoms with Gasteiger partial charge >= 0.3 is 6.18 Å². The van der Waals surface area contributed by atoms with Crippen LogP contribution in [0.15, 0.2) is 18.2 Å². The van der Waals surface area contributed by atoms with Crippen molar-refractivity contribution in [2.45, 2.75) is 13.1 Å². The molecule has 0 N–H and O–H groups in total. The second kappa shape index (κ2) is 2.57. The smallest absolute Gasteiger partial charge is 0.166 e. The number of halogens is 3. The number of aryl methyl sites for hydroxylation is 1. The molecular formula is C8H6F3. The summed E-state index contributed by atoms with van der Waals surface area (Å²) in [7, 11) is 0. The van der Waals surface area contributed by atoms with Gasteiger partial charge in [0.05, 0.1) is 5.56 Å². The third kappa shape index (κ3) is 1.97. The lowest BCUT2D eigenvalue weighted by atomic mass is 10.1.